The van der Waals surface area contributed by atoms with Crippen LogP contribution in [0.5, 0.6) is 0 Å². The molecule has 2 aliphatic heterocycles. The van der Waals surface area contributed by atoms with Gasteiger partial charge in [-0.05, 0) is 51.6 Å². The molecule has 0 saturated carbocycles. The summed E-state index contributed by atoms with van der Waals surface area (Å²) < 4.78 is 37.0. The molecular formula is C21H26F3N5O4. The van der Waals surface area contributed by atoms with Gasteiger partial charge in [-0.15, -0.1) is 0 Å². The number of aliphatic carboxylic acids is 1. The molecule has 4 rings (SSSR count). The van der Waals surface area contributed by atoms with Crippen LogP contribution in [0.2, 0.25) is 0 Å². The van der Waals surface area contributed by atoms with Crippen LogP contribution in [0.1, 0.15) is 46.8 Å². The maximum absolute atomic E-state index is 12.6. The van der Waals surface area contributed by atoms with E-state index in [0.717, 1.165) is 63.4 Å². The van der Waals surface area contributed by atoms with Crippen molar-refractivity contribution in [2.75, 3.05) is 26.2 Å². The number of piperidine rings is 1. The second kappa shape index (κ2) is 9.86. The predicted molar refractivity (Wildman–Crippen MR) is 109 cm³/mol. The van der Waals surface area contributed by atoms with Gasteiger partial charge in [-0.25, -0.2) is 9.78 Å². The third-order valence-electron chi connectivity index (χ3n) is 6.23. The molecule has 33 heavy (non-hydrogen) atoms. The van der Waals surface area contributed by atoms with Gasteiger partial charge in [-0.1, -0.05) is 5.16 Å². The third-order valence-corrected chi connectivity index (χ3v) is 6.23. The van der Waals surface area contributed by atoms with Gasteiger partial charge in [-0.3, -0.25) is 14.7 Å². The molecule has 2 aromatic heterocycles. The highest BCUT2D eigenvalue weighted by Crippen LogP contribution is 2.41. The number of carboxylic acid groups (broad SMARTS) is 1. The Morgan fingerprint density at radius 3 is 2.30 bits per heavy atom. The van der Waals surface area contributed by atoms with Gasteiger partial charge in [0.15, 0.2) is 0 Å². The number of nitrogens with zero attached hydrogens (tertiary/aromatic N) is 5. The Morgan fingerprint density at radius 1 is 1.15 bits per heavy atom. The smallest absolute Gasteiger partial charge is 0.475 e. The molecule has 0 bridgehead atoms. The Kier molecular flexibility index (Phi) is 7.35. The summed E-state index contributed by atoms with van der Waals surface area (Å²) in [5, 5.41) is 11.2. The van der Waals surface area contributed by atoms with E-state index in [9.17, 15) is 18.0 Å². The van der Waals surface area contributed by atoms with Crippen molar-refractivity contribution in [2.45, 2.75) is 45.8 Å². The summed E-state index contributed by atoms with van der Waals surface area (Å²) in [7, 11) is 0. The van der Waals surface area contributed by atoms with Crippen molar-refractivity contribution in [1.29, 1.82) is 0 Å². The first-order valence-corrected chi connectivity index (χ1v) is 10.5. The van der Waals surface area contributed by atoms with Crippen molar-refractivity contribution >= 4 is 11.9 Å². The maximum Gasteiger partial charge on any atom is 0.490 e. The number of carbonyl (C=O) groups excluding carboxylic acids is 1. The van der Waals surface area contributed by atoms with Crippen LogP contribution in [0.3, 0.4) is 0 Å². The number of alkyl halides is 3. The lowest BCUT2D eigenvalue weighted by Crippen LogP contribution is -2.42. The first-order chi connectivity index (χ1) is 15.5. The normalized spacial score (nSPS) is 18.2. The number of halogens is 3. The number of hydrogen-bond acceptors (Lipinski definition) is 7. The van der Waals surface area contributed by atoms with Crippen molar-refractivity contribution in [3.8, 4) is 0 Å². The van der Waals surface area contributed by atoms with Crippen LogP contribution in [0, 0.1) is 19.3 Å². The topological polar surface area (TPSA) is 113 Å². The largest absolute Gasteiger partial charge is 0.490 e. The number of carboxylic acids is 1. The van der Waals surface area contributed by atoms with E-state index in [4.69, 9.17) is 14.4 Å². The molecular weight excluding hydrogens is 443 g/mol. The van der Waals surface area contributed by atoms with Gasteiger partial charge >= 0.3 is 12.1 Å². The molecule has 0 aromatic carbocycles. The minimum Gasteiger partial charge on any atom is -0.475 e. The Morgan fingerprint density at radius 2 is 1.79 bits per heavy atom. The first kappa shape index (κ1) is 24.6. The summed E-state index contributed by atoms with van der Waals surface area (Å²) in [4.78, 5) is 34.1. The number of amides is 1. The molecule has 2 saturated heterocycles. The van der Waals surface area contributed by atoms with Gasteiger partial charge in [0.1, 0.15) is 11.5 Å². The lowest BCUT2D eigenvalue weighted by molar-refractivity contribution is -0.192. The van der Waals surface area contributed by atoms with Crippen LogP contribution in [0.4, 0.5) is 13.2 Å². The number of rotatable bonds is 3. The van der Waals surface area contributed by atoms with Crippen LogP contribution in [-0.4, -0.2) is 74.3 Å². The Bertz CT molecular complexity index is 953. The van der Waals surface area contributed by atoms with E-state index in [0.29, 0.717) is 5.69 Å². The zero-order valence-electron chi connectivity index (χ0n) is 18.4. The molecule has 0 atom stereocenters. The average molecular weight is 469 g/mol. The van der Waals surface area contributed by atoms with Gasteiger partial charge in [-0.2, -0.15) is 13.2 Å². The fourth-order valence-corrected chi connectivity index (χ4v) is 4.22. The summed E-state index contributed by atoms with van der Waals surface area (Å²) in [5.74, 6) is -1.83. The molecule has 1 N–H and O–H groups in total. The van der Waals surface area contributed by atoms with E-state index in [-0.39, 0.29) is 11.3 Å². The van der Waals surface area contributed by atoms with Crippen molar-refractivity contribution in [3.05, 3.63) is 41.3 Å². The molecule has 1 spiro atoms. The summed E-state index contributed by atoms with van der Waals surface area (Å²) in [5.41, 5.74) is 2.91. The average Bonchev–Trinajstić information content (AvgIpc) is 3.34. The lowest BCUT2D eigenvalue weighted by Gasteiger charge is -2.39. The first-order valence-electron chi connectivity index (χ1n) is 10.5. The molecule has 1 amide bonds. The van der Waals surface area contributed by atoms with E-state index >= 15 is 0 Å². The minimum atomic E-state index is -5.08. The molecule has 9 nitrogen and oxygen atoms in total. The quantitative estimate of drug-likeness (QED) is 0.730. The SMILES string of the molecule is Cc1noc(C)c1CN1CCC2(CC1)CCN(C(=O)c1cnccn1)C2.O=C(O)C(F)(F)F. The summed E-state index contributed by atoms with van der Waals surface area (Å²) in [6.45, 7) is 8.65. The molecule has 0 unspecified atom stereocenters. The monoisotopic (exact) mass is 469 g/mol. The highest BCUT2D eigenvalue weighted by Gasteiger charge is 2.42. The fourth-order valence-electron chi connectivity index (χ4n) is 4.22. The molecule has 4 heterocycles. The van der Waals surface area contributed by atoms with Crippen molar-refractivity contribution in [3.63, 3.8) is 0 Å². The highest BCUT2D eigenvalue weighted by atomic mass is 19.4. The van der Waals surface area contributed by atoms with Crippen molar-refractivity contribution < 1.29 is 32.4 Å². The minimum absolute atomic E-state index is 0.00752. The molecule has 2 aromatic rings. The third kappa shape index (κ3) is 6.06. The van der Waals surface area contributed by atoms with Crippen LogP contribution in [-0.2, 0) is 11.3 Å². The fraction of sp³-hybridized carbons (Fsp3) is 0.571. The Labute approximate surface area is 188 Å². The molecule has 180 valence electrons. The second-order valence-electron chi connectivity index (χ2n) is 8.45. The van der Waals surface area contributed by atoms with Crippen LogP contribution in [0.15, 0.2) is 23.1 Å². The molecule has 12 heteroatoms. The van der Waals surface area contributed by atoms with Crippen LogP contribution in [0.25, 0.3) is 0 Å². The number of aryl methyl sites for hydroxylation is 2. The highest BCUT2D eigenvalue weighted by molar-refractivity contribution is 5.92. The standard InChI is InChI=1S/C19H25N5O2.C2HF3O2/c1-14-16(15(2)26-22-14)12-23-8-3-19(4-9-23)5-10-24(13-19)18(25)17-11-20-6-7-21-17;3-2(4,5)1(6)7/h6-7,11H,3-5,8-10,12-13H2,1-2H3;(H,6,7). The van der Waals surface area contributed by atoms with Crippen LogP contribution >= 0.6 is 0 Å². The predicted octanol–water partition coefficient (Wildman–Crippen LogP) is 2.84. The lowest BCUT2D eigenvalue weighted by atomic mass is 9.77. The molecule has 2 fully saturated rings. The van der Waals surface area contributed by atoms with Gasteiger partial charge in [0.25, 0.3) is 5.91 Å². The summed E-state index contributed by atoms with van der Waals surface area (Å²) >= 11 is 0. The van der Waals surface area contributed by atoms with Crippen molar-refractivity contribution in [1.82, 2.24) is 24.9 Å². The van der Waals surface area contributed by atoms with Gasteiger partial charge in [0, 0.05) is 37.6 Å². The van der Waals surface area contributed by atoms with E-state index < -0.39 is 12.1 Å². The van der Waals surface area contributed by atoms with E-state index in [1.165, 1.54) is 5.56 Å². The Balaban J connectivity index is 0.000000383. The number of hydrogen-bond donors (Lipinski definition) is 1. The summed E-state index contributed by atoms with van der Waals surface area (Å²) in [6, 6.07) is 0. The van der Waals surface area contributed by atoms with E-state index in [1.807, 2.05) is 18.7 Å². The van der Waals surface area contributed by atoms with E-state index in [1.54, 1.807) is 18.6 Å². The summed E-state index contributed by atoms with van der Waals surface area (Å²) in [6.07, 6.45) is 2.97. The number of aromatic nitrogens is 3. The number of carbonyl (C=O) groups is 2. The van der Waals surface area contributed by atoms with Gasteiger partial charge in [0.2, 0.25) is 0 Å². The van der Waals surface area contributed by atoms with E-state index in [2.05, 4.69) is 20.0 Å². The van der Waals surface area contributed by atoms with Gasteiger partial charge < -0.3 is 14.5 Å². The Hall–Kier alpha value is -3.02. The van der Waals surface area contributed by atoms with Crippen molar-refractivity contribution in [2.24, 2.45) is 5.41 Å². The molecule has 0 radical (unpaired) electrons. The second-order valence-corrected chi connectivity index (χ2v) is 8.45. The zero-order valence-corrected chi connectivity index (χ0v) is 18.4. The van der Waals surface area contributed by atoms with Gasteiger partial charge in [0.05, 0.1) is 11.9 Å². The molecule has 2 aliphatic rings. The van der Waals surface area contributed by atoms with Crippen LogP contribution < -0.4 is 0 Å². The molecule has 0 aliphatic carbocycles. The zero-order chi connectivity index (χ0) is 24.2. The number of likely N-dealkylation sites (tertiary alicyclic amines) is 2. The maximum atomic E-state index is 12.6.